The molecule has 0 saturated carbocycles. The molecule has 0 radical (unpaired) electrons. The number of thiophene rings is 1. The van der Waals surface area contributed by atoms with E-state index in [9.17, 15) is 4.79 Å². The van der Waals surface area contributed by atoms with Crippen LogP contribution in [0.3, 0.4) is 0 Å². The molecule has 0 aromatic carbocycles. The summed E-state index contributed by atoms with van der Waals surface area (Å²) in [6, 6.07) is 7.89. The van der Waals surface area contributed by atoms with E-state index in [0.717, 1.165) is 28.2 Å². The van der Waals surface area contributed by atoms with E-state index in [4.69, 9.17) is 0 Å². The van der Waals surface area contributed by atoms with Gasteiger partial charge >= 0.3 is 0 Å². The minimum absolute atomic E-state index is 0.174. The molecule has 0 aliphatic carbocycles. The van der Waals surface area contributed by atoms with Gasteiger partial charge < -0.3 is 0 Å². The number of carbonyl (C=O) groups excluding carboxylic acids is 1. The Morgan fingerprint density at radius 2 is 1.78 bits per heavy atom. The maximum Gasteiger partial charge on any atom is 0.168 e. The second-order valence-corrected chi connectivity index (χ2v) is 5.71. The monoisotopic (exact) mass is 259 g/mol. The van der Waals surface area contributed by atoms with Crippen molar-refractivity contribution in [2.75, 3.05) is 0 Å². The Morgan fingerprint density at radius 1 is 1.17 bits per heavy atom. The zero-order valence-electron chi connectivity index (χ0n) is 11.0. The van der Waals surface area contributed by atoms with E-state index in [1.165, 1.54) is 4.88 Å². The average molecular weight is 259 g/mol. The van der Waals surface area contributed by atoms with E-state index in [2.05, 4.69) is 24.0 Å². The fourth-order valence-electron chi connectivity index (χ4n) is 1.96. The van der Waals surface area contributed by atoms with Crippen LogP contribution in [0.5, 0.6) is 0 Å². The highest BCUT2D eigenvalue weighted by Crippen LogP contribution is 2.19. The van der Waals surface area contributed by atoms with E-state index in [0.29, 0.717) is 6.42 Å². The summed E-state index contributed by atoms with van der Waals surface area (Å²) in [5, 5.41) is 0. The van der Waals surface area contributed by atoms with Gasteiger partial charge in [-0.2, -0.15) is 0 Å². The van der Waals surface area contributed by atoms with Crippen molar-refractivity contribution in [3.05, 3.63) is 51.0 Å². The topological polar surface area (TPSA) is 30.0 Å². The molecular formula is C15H17NOS. The first-order valence-electron chi connectivity index (χ1n) is 6.14. The molecule has 2 aromatic rings. The molecule has 0 unspecified atom stereocenters. The van der Waals surface area contributed by atoms with Crippen LogP contribution in [-0.4, -0.2) is 10.8 Å². The number of aromatic nitrogens is 1. The first-order chi connectivity index (χ1) is 8.58. The first-order valence-corrected chi connectivity index (χ1v) is 6.96. The van der Waals surface area contributed by atoms with E-state index >= 15 is 0 Å². The van der Waals surface area contributed by atoms with Gasteiger partial charge in [0, 0.05) is 33.1 Å². The molecule has 0 N–H and O–H groups in total. The Hall–Kier alpha value is -1.48. The summed E-state index contributed by atoms with van der Waals surface area (Å²) in [4.78, 5) is 19.0. The number of carbonyl (C=O) groups is 1. The van der Waals surface area contributed by atoms with Gasteiger partial charge in [-0.15, -0.1) is 11.3 Å². The molecule has 3 heteroatoms. The molecule has 0 spiro atoms. The van der Waals surface area contributed by atoms with Gasteiger partial charge in [0.25, 0.3) is 0 Å². The third-order valence-corrected chi connectivity index (χ3v) is 4.03. The SMILES string of the molecule is CCc1ccc(CC(=O)c2cc(C)nc(C)c2)s1. The van der Waals surface area contributed by atoms with Crippen LogP contribution in [0.2, 0.25) is 0 Å². The largest absolute Gasteiger partial charge is 0.294 e. The highest BCUT2D eigenvalue weighted by Gasteiger charge is 2.10. The second-order valence-electron chi connectivity index (χ2n) is 4.46. The van der Waals surface area contributed by atoms with Crippen molar-refractivity contribution >= 4 is 17.1 Å². The maximum absolute atomic E-state index is 12.2. The Kier molecular flexibility index (Phi) is 3.92. The number of ketones is 1. The van der Waals surface area contributed by atoms with Gasteiger partial charge in [-0.1, -0.05) is 6.92 Å². The number of aryl methyl sites for hydroxylation is 3. The van der Waals surface area contributed by atoms with E-state index in [1.807, 2.05) is 26.0 Å². The van der Waals surface area contributed by atoms with Gasteiger partial charge in [0.2, 0.25) is 0 Å². The highest BCUT2D eigenvalue weighted by molar-refractivity contribution is 7.12. The van der Waals surface area contributed by atoms with Gasteiger partial charge in [0.05, 0.1) is 0 Å². The lowest BCUT2D eigenvalue weighted by Gasteiger charge is -2.02. The third-order valence-electron chi connectivity index (χ3n) is 2.80. The zero-order valence-corrected chi connectivity index (χ0v) is 11.8. The van der Waals surface area contributed by atoms with Crippen molar-refractivity contribution in [1.29, 1.82) is 0 Å². The van der Waals surface area contributed by atoms with Crippen molar-refractivity contribution in [2.45, 2.75) is 33.6 Å². The lowest BCUT2D eigenvalue weighted by molar-refractivity contribution is 0.0993. The van der Waals surface area contributed by atoms with E-state index < -0.39 is 0 Å². The number of nitrogens with zero attached hydrogens (tertiary/aromatic N) is 1. The maximum atomic E-state index is 12.2. The fourth-order valence-corrected chi connectivity index (χ4v) is 2.92. The second kappa shape index (κ2) is 5.44. The van der Waals surface area contributed by atoms with Gasteiger partial charge in [-0.05, 0) is 44.5 Å². The van der Waals surface area contributed by atoms with Crippen LogP contribution < -0.4 is 0 Å². The van der Waals surface area contributed by atoms with Crippen LogP contribution in [0.25, 0.3) is 0 Å². The minimum atomic E-state index is 0.174. The summed E-state index contributed by atoms with van der Waals surface area (Å²) in [5.74, 6) is 0.174. The van der Waals surface area contributed by atoms with Crippen molar-refractivity contribution in [3.63, 3.8) is 0 Å². The molecule has 2 heterocycles. The van der Waals surface area contributed by atoms with Crippen LogP contribution in [-0.2, 0) is 12.8 Å². The van der Waals surface area contributed by atoms with Crippen LogP contribution in [0, 0.1) is 13.8 Å². The standard InChI is InChI=1S/C15H17NOS/c1-4-13-5-6-14(18-13)9-15(17)12-7-10(2)16-11(3)8-12/h5-8H,4,9H2,1-3H3. The third kappa shape index (κ3) is 3.05. The molecule has 0 amide bonds. The van der Waals surface area contributed by atoms with Crippen LogP contribution in [0.1, 0.15) is 38.4 Å². The highest BCUT2D eigenvalue weighted by atomic mass is 32.1. The number of hydrogen-bond acceptors (Lipinski definition) is 3. The quantitative estimate of drug-likeness (QED) is 0.783. The number of hydrogen-bond donors (Lipinski definition) is 0. The van der Waals surface area contributed by atoms with Crippen LogP contribution in [0.4, 0.5) is 0 Å². The molecule has 18 heavy (non-hydrogen) atoms. The van der Waals surface area contributed by atoms with E-state index in [-0.39, 0.29) is 5.78 Å². The summed E-state index contributed by atoms with van der Waals surface area (Å²) in [5.41, 5.74) is 2.57. The molecule has 2 aromatic heterocycles. The number of pyridine rings is 1. The Morgan fingerprint density at radius 3 is 2.33 bits per heavy atom. The number of Topliss-reactive ketones (excluding diaryl/α,β-unsaturated/α-hetero) is 1. The summed E-state index contributed by atoms with van der Waals surface area (Å²) in [6.07, 6.45) is 1.53. The zero-order chi connectivity index (χ0) is 13.1. The number of rotatable bonds is 4. The predicted molar refractivity (Wildman–Crippen MR) is 75.4 cm³/mol. The van der Waals surface area contributed by atoms with Crippen LogP contribution >= 0.6 is 11.3 Å². The van der Waals surface area contributed by atoms with Crippen molar-refractivity contribution in [3.8, 4) is 0 Å². The molecule has 0 aliphatic heterocycles. The van der Waals surface area contributed by atoms with E-state index in [1.54, 1.807) is 11.3 Å². The molecule has 0 saturated heterocycles. The molecule has 0 aliphatic rings. The lowest BCUT2D eigenvalue weighted by atomic mass is 10.1. The Bertz CT molecular complexity index is 551. The molecule has 0 atom stereocenters. The summed E-state index contributed by atoms with van der Waals surface area (Å²) in [6.45, 7) is 5.97. The van der Waals surface area contributed by atoms with Crippen molar-refractivity contribution in [2.24, 2.45) is 0 Å². The molecule has 2 rings (SSSR count). The van der Waals surface area contributed by atoms with Crippen molar-refractivity contribution < 1.29 is 4.79 Å². The van der Waals surface area contributed by atoms with Crippen molar-refractivity contribution in [1.82, 2.24) is 4.98 Å². The normalized spacial score (nSPS) is 10.6. The fraction of sp³-hybridized carbons (Fsp3) is 0.333. The Balaban J connectivity index is 2.16. The van der Waals surface area contributed by atoms with Gasteiger partial charge in [0.15, 0.2) is 5.78 Å². The minimum Gasteiger partial charge on any atom is -0.294 e. The first kappa shape index (κ1) is 13.0. The summed E-state index contributed by atoms with van der Waals surface area (Å²) >= 11 is 1.73. The van der Waals surface area contributed by atoms with Gasteiger partial charge in [0.1, 0.15) is 0 Å². The van der Waals surface area contributed by atoms with Gasteiger partial charge in [-0.25, -0.2) is 0 Å². The molecule has 0 fully saturated rings. The van der Waals surface area contributed by atoms with Crippen LogP contribution in [0.15, 0.2) is 24.3 Å². The van der Waals surface area contributed by atoms with Gasteiger partial charge in [-0.3, -0.25) is 9.78 Å². The smallest absolute Gasteiger partial charge is 0.168 e. The summed E-state index contributed by atoms with van der Waals surface area (Å²) in [7, 11) is 0. The molecular weight excluding hydrogens is 242 g/mol. The molecule has 0 bridgehead atoms. The lowest BCUT2D eigenvalue weighted by Crippen LogP contribution is -2.04. The molecule has 2 nitrogen and oxygen atoms in total. The average Bonchev–Trinajstić information content (AvgIpc) is 2.75. The molecule has 94 valence electrons. The Labute approximate surface area is 112 Å². The predicted octanol–water partition coefficient (Wildman–Crippen LogP) is 3.75. The summed E-state index contributed by atoms with van der Waals surface area (Å²) < 4.78 is 0.